The topological polar surface area (TPSA) is 49.3 Å². The molecule has 98 valence electrons. The van der Waals surface area contributed by atoms with Crippen molar-refractivity contribution >= 4 is 17.5 Å². The summed E-state index contributed by atoms with van der Waals surface area (Å²) in [5.74, 6) is -0.135. The quantitative estimate of drug-likeness (QED) is 0.861. The maximum atomic E-state index is 12.0. The minimum Gasteiger partial charge on any atom is -0.396 e. The maximum Gasteiger partial charge on any atom is 0.252 e. The standard InChI is InChI=1S/C14H18ClNO2/c1-10-2-3-11(12(15)8-10)13(18)16-9-14(4-5-14)6-7-17/h2-3,8,17H,4-7,9H2,1H3,(H,16,18). The van der Waals surface area contributed by atoms with Crippen molar-refractivity contribution in [2.75, 3.05) is 13.2 Å². The van der Waals surface area contributed by atoms with Crippen LogP contribution >= 0.6 is 11.6 Å². The van der Waals surface area contributed by atoms with Gasteiger partial charge in [0.05, 0.1) is 10.6 Å². The van der Waals surface area contributed by atoms with Crippen molar-refractivity contribution in [1.29, 1.82) is 0 Å². The summed E-state index contributed by atoms with van der Waals surface area (Å²) in [6, 6.07) is 5.41. The zero-order valence-corrected chi connectivity index (χ0v) is 11.3. The molecule has 18 heavy (non-hydrogen) atoms. The van der Waals surface area contributed by atoms with Crippen molar-refractivity contribution in [3.8, 4) is 0 Å². The van der Waals surface area contributed by atoms with Gasteiger partial charge < -0.3 is 10.4 Å². The maximum absolute atomic E-state index is 12.0. The molecule has 1 amide bonds. The van der Waals surface area contributed by atoms with Crippen molar-refractivity contribution in [1.82, 2.24) is 5.32 Å². The number of aliphatic hydroxyl groups is 1. The lowest BCUT2D eigenvalue weighted by Crippen LogP contribution is -2.30. The van der Waals surface area contributed by atoms with Crippen molar-refractivity contribution in [3.63, 3.8) is 0 Å². The molecule has 0 spiro atoms. The molecular weight excluding hydrogens is 250 g/mol. The van der Waals surface area contributed by atoms with Crippen LogP contribution in [0.1, 0.15) is 35.2 Å². The molecule has 1 aromatic carbocycles. The van der Waals surface area contributed by atoms with Crippen LogP contribution in [0, 0.1) is 12.3 Å². The zero-order chi connectivity index (χ0) is 13.2. The Bertz CT molecular complexity index is 455. The number of aryl methyl sites for hydroxylation is 1. The molecule has 0 unspecified atom stereocenters. The van der Waals surface area contributed by atoms with E-state index in [-0.39, 0.29) is 17.9 Å². The van der Waals surface area contributed by atoms with E-state index in [2.05, 4.69) is 5.32 Å². The van der Waals surface area contributed by atoms with E-state index in [1.807, 2.05) is 13.0 Å². The summed E-state index contributed by atoms with van der Waals surface area (Å²) >= 11 is 6.05. The summed E-state index contributed by atoms with van der Waals surface area (Å²) in [6.07, 6.45) is 2.92. The average Bonchev–Trinajstić information content (AvgIpc) is 3.07. The second-order valence-electron chi connectivity index (χ2n) is 5.14. The van der Waals surface area contributed by atoms with Crippen LogP contribution in [0.4, 0.5) is 0 Å². The molecule has 0 aliphatic heterocycles. The van der Waals surface area contributed by atoms with E-state index < -0.39 is 0 Å². The number of aliphatic hydroxyl groups excluding tert-OH is 1. The molecular formula is C14H18ClNO2. The van der Waals surface area contributed by atoms with E-state index >= 15 is 0 Å². The van der Waals surface area contributed by atoms with E-state index in [4.69, 9.17) is 16.7 Å². The smallest absolute Gasteiger partial charge is 0.252 e. The molecule has 1 aromatic rings. The second-order valence-corrected chi connectivity index (χ2v) is 5.55. The summed E-state index contributed by atoms with van der Waals surface area (Å²) in [5, 5.41) is 12.4. The van der Waals surface area contributed by atoms with Gasteiger partial charge in [-0.05, 0) is 49.3 Å². The van der Waals surface area contributed by atoms with Crippen molar-refractivity contribution < 1.29 is 9.90 Å². The summed E-state index contributed by atoms with van der Waals surface area (Å²) in [5.41, 5.74) is 1.68. The van der Waals surface area contributed by atoms with Gasteiger partial charge in [0.2, 0.25) is 0 Å². The number of hydrogen-bond acceptors (Lipinski definition) is 2. The summed E-state index contributed by atoms with van der Waals surface area (Å²) in [4.78, 5) is 12.0. The number of rotatable bonds is 5. The highest BCUT2D eigenvalue weighted by Crippen LogP contribution is 2.47. The van der Waals surface area contributed by atoms with Crippen LogP contribution < -0.4 is 5.32 Å². The molecule has 0 aromatic heterocycles. The Morgan fingerprint density at radius 3 is 2.78 bits per heavy atom. The van der Waals surface area contributed by atoms with Crippen LogP contribution in [0.3, 0.4) is 0 Å². The normalized spacial score (nSPS) is 16.4. The second kappa shape index (κ2) is 5.29. The monoisotopic (exact) mass is 267 g/mol. The van der Waals surface area contributed by atoms with Crippen LogP contribution in [0.2, 0.25) is 5.02 Å². The number of amides is 1. The first-order valence-electron chi connectivity index (χ1n) is 6.22. The van der Waals surface area contributed by atoms with Gasteiger partial charge in [-0.1, -0.05) is 17.7 Å². The molecule has 0 atom stereocenters. The van der Waals surface area contributed by atoms with E-state index in [1.54, 1.807) is 12.1 Å². The number of carbonyl (C=O) groups is 1. The molecule has 4 heteroatoms. The third-order valence-corrected chi connectivity index (χ3v) is 3.91. The molecule has 2 N–H and O–H groups in total. The van der Waals surface area contributed by atoms with Crippen LogP contribution in [0.15, 0.2) is 18.2 Å². The molecule has 1 saturated carbocycles. The number of halogens is 1. The van der Waals surface area contributed by atoms with Gasteiger partial charge >= 0.3 is 0 Å². The number of hydrogen-bond donors (Lipinski definition) is 2. The predicted molar refractivity (Wildman–Crippen MR) is 71.9 cm³/mol. The van der Waals surface area contributed by atoms with Crippen LogP contribution in [-0.4, -0.2) is 24.2 Å². The molecule has 0 heterocycles. The summed E-state index contributed by atoms with van der Waals surface area (Å²) in [6.45, 7) is 2.74. The fourth-order valence-corrected chi connectivity index (χ4v) is 2.42. The van der Waals surface area contributed by atoms with Crippen molar-refractivity contribution in [2.24, 2.45) is 5.41 Å². The third kappa shape index (κ3) is 3.03. The van der Waals surface area contributed by atoms with Gasteiger partial charge in [-0.25, -0.2) is 0 Å². The Balaban J connectivity index is 1.96. The van der Waals surface area contributed by atoms with Crippen molar-refractivity contribution in [2.45, 2.75) is 26.2 Å². The first kappa shape index (κ1) is 13.4. The molecule has 0 saturated heterocycles. The fourth-order valence-electron chi connectivity index (χ4n) is 2.10. The molecule has 1 fully saturated rings. The number of carbonyl (C=O) groups excluding carboxylic acids is 1. The highest BCUT2D eigenvalue weighted by Gasteiger charge is 2.41. The first-order chi connectivity index (χ1) is 8.56. The third-order valence-electron chi connectivity index (χ3n) is 3.59. The summed E-state index contributed by atoms with van der Waals surface area (Å²) < 4.78 is 0. The minimum absolute atomic E-state index is 0.127. The van der Waals surface area contributed by atoms with Gasteiger partial charge in [-0.15, -0.1) is 0 Å². The molecule has 0 bridgehead atoms. The average molecular weight is 268 g/mol. The lowest BCUT2D eigenvalue weighted by atomic mass is 10.0. The highest BCUT2D eigenvalue weighted by atomic mass is 35.5. The van der Waals surface area contributed by atoms with Gasteiger partial charge in [0.25, 0.3) is 5.91 Å². The molecule has 0 radical (unpaired) electrons. The van der Waals surface area contributed by atoms with Crippen LogP contribution in [0.25, 0.3) is 0 Å². The number of benzene rings is 1. The molecule has 1 aliphatic carbocycles. The molecule has 1 aliphatic rings. The highest BCUT2D eigenvalue weighted by molar-refractivity contribution is 6.33. The van der Waals surface area contributed by atoms with Gasteiger partial charge in [0, 0.05) is 13.2 Å². The zero-order valence-electron chi connectivity index (χ0n) is 10.5. The van der Waals surface area contributed by atoms with Gasteiger partial charge in [0.1, 0.15) is 0 Å². The van der Waals surface area contributed by atoms with Gasteiger partial charge in [-0.3, -0.25) is 4.79 Å². The minimum atomic E-state index is -0.135. The molecule has 2 rings (SSSR count). The Labute approximate surface area is 112 Å². The van der Waals surface area contributed by atoms with Crippen LogP contribution in [-0.2, 0) is 0 Å². The SMILES string of the molecule is Cc1ccc(C(=O)NCC2(CCO)CC2)c(Cl)c1. The Hall–Kier alpha value is -1.06. The van der Waals surface area contributed by atoms with E-state index in [9.17, 15) is 4.79 Å². The Morgan fingerprint density at radius 2 is 2.22 bits per heavy atom. The Kier molecular flexibility index (Phi) is 3.93. The van der Waals surface area contributed by atoms with Crippen LogP contribution in [0.5, 0.6) is 0 Å². The predicted octanol–water partition coefficient (Wildman–Crippen LogP) is 2.54. The Morgan fingerprint density at radius 1 is 1.50 bits per heavy atom. The van der Waals surface area contributed by atoms with Gasteiger partial charge in [-0.2, -0.15) is 0 Å². The fraction of sp³-hybridized carbons (Fsp3) is 0.500. The molecule has 3 nitrogen and oxygen atoms in total. The number of nitrogens with one attached hydrogen (secondary N) is 1. The van der Waals surface area contributed by atoms with E-state index in [0.717, 1.165) is 24.8 Å². The first-order valence-corrected chi connectivity index (χ1v) is 6.59. The largest absolute Gasteiger partial charge is 0.396 e. The lowest BCUT2D eigenvalue weighted by molar-refractivity contribution is 0.0941. The summed E-state index contributed by atoms with van der Waals surface area (Å²) in [7, 11) is 0. The van der Waals surface area contributed by atoms with E-state index in [1.165, 1.54) is 0 Å². The lowest BCUT2D eigenvalue weighted by Gasteiger charge is -2.15. The van der Waals surface area contributed by atoms with Crippen molar-refractivity contribution in [3.05, 3.63) is 34.3 Å². The van der Waals surface area contributed by atoms with Gasteiger partial charge in [0.15, 0.2) is 0 Å². The van der Waals surface area contributed by atoms with E-state index in [0.29, 0.717) is 17.1 Å².